The normalized spacial score (nSPS) is 31.1. The van der Waals surface area contributed by atoms with E-state index in [0.717, 1.165) is 5.56 Å². The number of alkyl carbamates (subject to hydrolysis) is 1. The molecule has 3 saturated heterocycles. The summed E-state index contributed by atoms with van der Waals surface area (Å²) in [7, 11) is 0. The molecule has 10 nitrogen and oxygen atoms in total. The number of carbonyl (C=O) groups excluding carboxylic acids is 2. The number of carbonyl (C=O) groups is 2. The number of hydrogen-bond donors (Lipinski definition) is 1. The van der Waals surface area contributed by atoms with Gasteiger partial charge in [0.2, 0.25) is 0 Å². The molecule has 0 bridgehead atoms. The first-order valence-electron chi connectivity index (χ1n) is 12.4. The lowest BCUT2D eigenvalue weighted by molar-refractivity contribution is -0.235. The van der Waals surface area contributed by atoms with E-state index in [2.05, 4.69) is 5.32 Å². The molecule has 0 radical (unpaired) electrons. The summed E-state index contributed by atoms with van der Waals surface area (Å²) in [6.07, 6.45) is -3.66. The highest BCUT2D eigenvalue weighted by atomic mass is 16.8. The zero-order valence-electron chi connectivity index (χ0n) is 21.7. The van der Waals surface area contributed by atoms with Crippen molar-refractivity contribution in [3.8, 4) is 0 Å². The van der Waals surface area contributed by atoms with Crippen LogP contribution >= 0.6 is 0 Å². The summed E-state index contributed by atoms with van der Waals surface area (Å²) in [5.74, 6) is -2.18. The fourth-order valence-electron chi connectivity index (χ4n) is 4.62. The minimum absolute atomic E-state index is 0.0908. The minimum atomic E-state index is -0.916. The summed E-state index contributed by atoms with van der Waals surface area (Å²) in [6, 6.07) is 8.39. The lowest BCUT2D eigenvalue weighted by atomic mass is 10.0. The van der Waals surface area contributed by atoms with E-state index in [0.29, 0.717) is 6.42 Å². The summed E-state index contributed by atoms with van der Waals surface area (Å²) in [5.41, 5.74) is 0.843. The standard InChI is InChI=1S/C26H37NO9/c1-15(2)12-17(27-24(29)30-13-16-10-8-7-9-11-16)22(28)32-20-19(18-14-31-25(3,4)34-18)33-23-21(20)35-26(5,6)36-23/h7-11,15,17-21,23H,12-14H2,1-6H3,(H,27,29)/t17-,18+,19+,20-,21+,23-/m0/s1. The molecule has 10 heteroatoms. The molecule has 3 fully saturated rings. The van der Waals surface area contributed by atoms with Gasteiger partial charge in [0.1, 0.15) is 24.9 Å². The van der Waals surface area contributed by atoms with Gasteiger partial charge in [0.05, 0.1) is 6.61 Å². The lowest BCUT2D eigenvalue weighted by Gasteiger charge is -2.30. The monoisotopic (exact) mass is 507 g/mol. The zero-order chi connectivity index (χ0) is 26.1. The Balaban J connectivity index is 1.44. The molecule has 0 aliphatic carbocycles. The number of esters is 1. The highest BCUT2D eigenvalue weighted by Gasteiger charge is 2.60. The summed E-state index contributed by atoms with van der Waals surface area (Å²) in [5, 5.41) is 2.66. The second-order valence-electron chi connectivity index (χ2n) is 10.7. The average Bonchev–Trinajstić information content (AvgIpc) is 3.41. The predicted molar refractivity (Wildman–Crippen MR) is 126 cm³/mol. The Kier molecular flexibility index (Phi) is 7.92. The van der Waals surface area contributed by atoms with Crippen LogP contribution in [0.2, 0.25) is 0 Å². The fourth-order valence-corrected chi connectivity index (χ4v) is 4.62. The molecular weight excluding hydrogens is 470 g/mol. The number of fused-ring (bicyclic) bond motifs is 1. The molecule has 200 valence electrons. The van der Waals surface area contributed by atoms with Crippen molar-refractivity contribution in [2.75, 3.05) is 6.61 Å². The van der Waals surface area contributed by atoms with Gasteiger partial charge in [0.25, 0.3) is 0 Å². The average molecular weight is 508 g/mol. The van der Waals surface area contributed by atoms with Gasteiger partial charge >= 0.3 is 12.1 Å². The summed E-state index contributed by atoms with van der Waals surface area (Å²) in [6.45, 7) is 11.4. The van der Waals surface area contributed by atoms with Crippen molar-refractivity contribution < 1.29 is 42.7 Å². The molecule has 3 aliphatic heterocycles. The van der Waals surface area contributed by atoms with Gasteiger partial charge in [0.15, 0.2) is 30.1 Å². The summed E-state index contributed by atoms with van der Waals surface area (Å²) in [4.78, 5) is 25.9. The van der Waals surface area contributed by atoms with Gasteiger partial charge in [-0.15, -0.1) is 0 Å². The van der Waals surface area contributed by atoms with E-state index in [1.807, 2.05) is 58.0 Å². The Labute approximate surface area is 211 Å². The minimum Gasteiger partial charge on any atom is -0.455 e. The number of hydrogen-bond acceptors (Lipinski definition) is 9. The summed E-state index contributed by atoms with van der Waals surface area (Å²) >= 11 is 0. The lowest BCUT2D eigenvalue weighted by Crippen LogP contribution is -2.49. The SMILES string of the molecule is CC(C)C[C@H](NC(=O)OCc1ccccc1)C(=O)O[C@@H]1[C@H]2OC(C)(C)O[C@@H]2O[C@@H]1[C@H]1COC(C)(C)O1. The highest BCUT2D eigenvalue weighted by molar-refractivity contribution is 5.81. The molecule has 0 aromatic heterocycles. The van der Waals surface area contributed by atoms with Crippen LogP contribution in [0.1, 0.15) is 53.5 Å². The van der Waals surface area contributed by atoms with Crippen LogP contribution in [0.5, 0.6) is 0 Å². The zero-order valence-corrected chi connectivity index (χ0v) is 21.7. The van der Waals surface area contributed by atoms with Gasteiger partial charge in [-0.1, -0.05) is 44.2 Å². The topological polar surface area (TPSA) is 111 Å². The van der Waals surface area contributed by atoms with E-state index >= 15 is 0 Å². The van der Waals surface area contributed by atoms with Gasteiger partial charge in [0, 0.05) is 0 Å². The molecule has 1 aromatic carbocycles. The second kappa shape index (κ2) is 10.6. The van der Waals surface area contributed by atoms with E-state index in [9.17, 15) is 9.59 Å². The van der Waals surface area contributed by atoms with Gasteiger partial charge in [-0.3, -0.25) is 0 Å². The number of nitrogens with one attached hydrogen (secondary N) is 1. The molecule has 4 rings (SSSR count). The van der Waals surface area contributed by atoms with E-state index in [1.165, 1.54) is 0 Å². The molecule has 1 N–H and O–H groups in total. The third-order valence-corrected chi connectivity index (χ3v) is 6.17. The predicted octanol–water partition coefficient (Wildman–Crippen LogP) is 3.27. The quantitative estimate of drug-likeness (QED) is 0.530. The first-order valence-corrected chi connectivity index (χ1v) is 12.4. The fraction of sp³-hybridized carbons (Fsp3) is 0.692. The molecule has 3 aliphatic rings. The van der Waals surface area contributed by atoms with Crippen molar-refractivity contribution in [3.63, 3.8) is 0 Å². The molecule has 1 aromatic rings. The van der Waals surface area contributed by atoms with Crippen LogP contribution in [0.25, 0.3) is 0 Å². The first kappa shape index (κ1) is 26.8. The van der Waals surface area contributed by atoms with Crippen LogP contribution in [0.4, 0.5) is 4.79 Å². The van der Waals surface area contributed by atoms with Crippen molar-refractivity contribution in [1.29, 1.82) is 0 Å². The van der Waals surface area contributed by atoms with Gasteiger partial charge in [-0.25, -0.2) is 9.59 Å². The molecule has 1 amide bonds. The van der Waals surface area contributed by atoms with Gasteiger partial charge < -0.3 is 38.5 Å². The molecule has 0 saturated carbocycles. The van der Waals surface area contributed by atoms with E-state index in [4.69, 9.17) is 33.2 Å². The van der Waals surface area contributed by atoms with Crippen molar-refractivity contribution >= 4 is 12.1 Å². The second-order valence-corrected chi connectivity index (χ2v) is 10.7. The van der Waals surface area contributed by atoms with Crippen LogP contribution in [0.3, 0.4) is 0 Å². The Morgan fingerprint density at radius 3 is 2.39 bits per heavy atom. The molecular formula is C26H37NO9. The van der Waals surface area contributed by atoms with Crippen LogP contribution in [0, 0.1) is 5.92 Å². The van der Waals surface area contributed by atoms with Crippen molar-refractivity contribution in [2.24, 2.45) is 5.92 Å². The van der Waals surface area contributed by atoms with Crippen LogP contribution in [-0.4, -0.2) is 67.0 Å². The number of ether oxygens (including phenoxy) is 7. The van der Waals surface area contributed by atoms with Gasteiger partial charge in [-0.05, 0) is 45.6 Å². The summed E-state index contributed by atoms with van der Waals surface area (Å²) < 4.78 is 41.0. The van der Waals surface area contributed by atoms with Crippen molar-refractivity contribution in [3.05, 3.63) is 35.9 Å². The van der Waals surface area contributed by atoms with E-state index in [1.54, 1.807) is 13.8 Å². The Morgan fingerprint density at radius 2 is 1.75 bits per heavy atom. The van der Waals surface area contributed by atoms with Crippen LogP contribution < -0.4 is 5.32 Å². The maximum atomic E-state index is 13.4. The molecule has 6 atom stereocenters. The molecule has 3 heterocycles. The number of rotatable bonds is 8. The highest BCUT2D eigenvalue weighted by Crippen LogP contribution is 2.42. The van der Waals surface area contributed by atoms with Crippen molar-refractivity contribution in [1.82, 2.24) is 5.32 Å². The molecule has 0 spiro atoms. The maximum absolute atomic E-state index is 13.4. The Morgan fingerprint density at radius 1 is 1.03 bits per heavy atom. The van der Waals surface area contributed by atoms with Gasteiger partial charge in [-0.2, -0.15) is 0 Å². The van der Waals surface area contributed by atoms with Crippen LogP contribution in [0.15, 0.2) is 30.3 Å². The van der Waals surface area contributed by atoms with Crippen LogP contribution in [-0.2, 0) is 44.6 Å². The van der Waals surface area contributed by atoms with E-state index < -0.39 is 60.4 Å². The molecule has 36 heavy (non-hydrogen) atoms. The maximum Gasteiger partial charge on any atom is 0.408 e. The number of amides is 1. The third kappa shape index (κ3) is 6.54. The number of benzene rings is 1. The smallest absolute Gasteiger partial charge is 0.408 e. The third-order valence-electron chi connectivity index (χ3n) is 6.17. The van der Waals surface area contributed by atoms with E-state index in [-0.39, 0.29) is 19.1 Å². The largest absolute Gasteiger partial charge is 0.455 e. The Bertz CT molecular complexity index is 919. The van der Waals surface area contributed by atoms with Crippen molar-refractivity contribution in [2.45, 2.75) is 103 Å². The Hall–Kier alpha value is -2.24. The first-order chi connectivity index (χ1) is 16.9. The molecule has 0 unspecified atom stereocenters.